The van der Waals surface area contributed by atoms with Gasteiger partial charge in [0.25, 0.3) is 5.91 Å². The van der Waals surface area contributed by atoms with Gasteiger partial charge in [-0.2, -0.15) is 0 Å². The molecule has 110 valence electrons. The van der Waals surface area contributed by atoms with Gasteiger partial charge < -0.3 is 14.7 Å². The molecule has 1 fully saturated rings. The summed E-state index contributed by atoms with van der Waals surface area (Å²) >= 11 is 0. The van der Waals surface area contributed by atoms with Crippen molar-refractivity contribution < 1.29 is 14.1 Å². The van der Waals surface area contributed by atoms with Crippen LogP contribution in [0.25, 0.3) is 0 Å². The fraction of sp³-hybridized carbons (Fsp3) is 0.615. The first kappa shape index (κ1) is 14.5. The zero-order valence-corrected chi connectivity index (χ0v) is 11.9. The summed E-state index contributed by atoms with van der Waals surface area (Å²) in [4.78, 5) is 27.4. The number of nitrogens with one attached hydrogen (secondary N) is 1. The van der Waals surface area contributed by atoms with Crippen LogP contribution in [0.4, 0.5) is 0 Å². The van der Waals surface area contributed by atoms with E-state index in [1.165, 1.54) is 0 Å². The topological polar surface area (TPSA) is 78.7 Å². The highest BCUT2D eigenvalue weighted by Gasteiger charge is 2.25. The Morgan fingerprint density at radius 3 is 2.60 bits per heavy atom. The van der Waals surface area contributed by atoms with E-state index in [9.17, 15) is 9.59 Å². The molecular weight excluding hydrogens is 260 g/mol. The zero-order valence-electron chi connectivity index (χ0n) is 11.9. The molecule has 1 aliphatic heterocycles. The molecule has 0 saturated carbocycles. The molecule has 0 atom stereocenters. The molecule has 7 heteroatoms. The van der Waals surface area contributed by atoms with Gasteiger partial charge in [-0.05, 0) is 13.8 Å². The molecular formula is C13H20N4O3. The van der Waals surface area contributed by atoms with Crippen LogP contribution >= 0.6 is 0 Å². The van der Waals surface area contributed by atoms with Crippen molar-refractivity contribution in [3.63, 3.8) is 0 Å². The van der Waals surface area contributed by atoms with E-state index in [-0.39, 0.29) is 17.6 Å². The number of aryl methyl sites for hydroxylation is 1. The Morgan fingerprint density at radius 2 is 2.05 bits per heavy atom. The molecule has 1 aliphatic rings. The van der Waals surface area contributed by atoms with E-state index in [0.29, 0.717) is 45.0 Å². The molecule has 1 aromatic heterocycles. The molecule has 1 N–H and O–H groups in total. The fourth-order valence-corrected chi connectivity index (χ4v) is 2.19. The minimum atomic E-state index is -0.136. The van der Waals surface area contributed by atoms with Crippen LogP contribution in [0, 0.1) is 6.92 Å². The lowest BCUT2D eigenvalue weighted by Gasteiger charge is -2.33. The number of hydrogen-bond acceptors (Lipinski definition) is 5. The summed E-state index contributed by atoms with van der Waals surface area (Å²) in [5.74, 6) is 0.168. The van der Waals surface area contributed by atoms with Crippen LogP contribution in [0.1, 0.15) is 23.2 Å². The second-order valence-electron chi connectivity index (χ2n) is 4.85. The maximum atomic E-state index is 12.1. The van der Waals surface area contributed by atoms with Gasteiger partial charge in [0.05, 0.1) is 12.2 Å². The summed E-state index contributed by atoms with van der Waals surface area (Å²) in [6.07, 6.45) is 0. The van der Waals surface area contributed by atoms with Crippen LogP contribution in [0.2, 0.25) is 0 Å². The highest BCUT2D eigenvalue weighted by Crippen LogP contribution is 2.09. The number of amides is 2. The van der Waals surface area contributed by atoms with Crippen molar-refractivity contribution in [1.29, 1.82) is 0 Å². The van der Waals surface area contributed by atoms with E-state index in [1.54, 1.807) is 17.9 Å². The molecule has 20 heavy (non-hydrogen) atoms. The first-order chi connectivity index (χ1) is 9.60. The molecule has 2 amide bonds. The van der Waals surface area contributed by atoms with Gasteiger partial charge >= 0.3 is 0 Å². The number of rotatable bonds is 4. The molecule has 0 spiro atoms. The van der Waals surface area contributed by atoms with Crippen LogP contribution < -0.4 is 5.32 Å². The minimum Gasteiger partial charge on any atom is -0.355 e. The summed E-state index contributed by atoms with van der Waals surface area (Å²) in [6, 6.07) is 1.64. The van der Waals surface area contributed by atoms with Gasteiger partial charge in [-0.25, -0.2) is 0 Å². The molecule has 0 bridgehead atoms. The van der Waals surface area contributed by atoms with E-state index in [2.05, 4.69) is 10.5 Å². The van der Waals surface area contributed by atoms with Gasteiger partial charge in [0.15, 0.2) is 0 Å². The number of likely N-dealkylation sites (N-methyl/N-ethyl adjacent to an activating group) is 1. The smallest absolute Gasteiger partial charge is 0.292 e. The van der Waals surface area contributed by atoms with Crippen LogP contribution in [0.3, 0.4) is 0 Å². The van der Waals surface area contributed by atoms with Crippen LogP contribution in [0.15, 0.2) is 10.6 Å². The Hall–Kier alpha value is -1.89. The van der Waals surface area contributed by atoms with E-state index in [4.69, 9.17) is 4.52 Å². The normalized spacial score (nSPS) is 16.2. The first-order valence-electron chi connectivity index (χ1n) is 6.81. The average Bonchev–Trinajstić information content (AvgIpc) is 2.86. The number of carbonyl (C=O) groups is 2. The van der Waals surface area contributed by atoms with Crippen molar-refractivity contribution in [2.75, 3.05) is 39.3 Å². The van der Waals surface area contributed by atoms with Gasteiger partial charge in [0, 0.05) is 38.8 Å². The molecule has 7 nitrogen and oxygen atoms in total. The highest BCUT2D eigenvalue weighted by molar-refractivity contribution is 5.91. The lowest BCUT2D eigenvalue weighted by atomic mass is 10.2. The van der Waals surface area contributed by atoms with Crippen molar-refractivity contribution >= 4 is 11.8 Å². The standard InChI is InChI=1S/C13H20N4O3/c1-3-14-12(18)9-16-4-6-17(7-5-16)13(19)11-8-10(2)15-20-11/h8H,3-7,9H2,1-2H3,(H,14,18). The Bertz CT molecular complexity index is 478. The maximum Gasteiger partial charge on any atom is 0.292 e. The molecule has 0 aromatic carbocycles. The monoisotopic (exact) mass is 280 g/mol. The zero-order chi connectivity index (χ0) is 14.5. The molecule has 2 heterocycles. The third-order valence-corrected chi connectivity index (χ3v) is 3.24. The quantitative estimate of drug-likeness (QED) is 0.831. The number of carbonyl (C=O) groups excluding carboxylic acids is 2. The molecule has 0 aliphatic carbocycles. The van der Waals surface area contributed by atoms with Gasteiger partial charge in [0.1, 0.15) is 0 Å². The van der Waals surface area contributed by atoms with Crippen molar-refractivity contribution in [3.05, 3.63) is 17.5 Å². The number of piperazine rings is 1. The summed E-state index contributed by atoms with van der Waals surface area (Å²) in [5, 5.41) is 6.49. The Labute approximate surface area is 117 Å². The van der Waals surface area contributed by atoms with Gasteiger partial charge in [-0.1, -0.05) is 5.16 Å². The van der Waals surface area contributed by atoms with Crippen LogP contribution in [-0.4, -0.2) is 66.0 Å². The Balaban J connectivity index is 1.82. The van der Waals surface area contributed by atoms with E-state index >= 15 is 0 Å². The molecule has 0 radical (unpaired) electrons. The highest BCUT2D eigenvalue weighted by atomic mass is 16.5. The molecule has 2 rings (SSSR count). The second kappa shape index (κ2) is 6.51. The Kier molecular flexibility index (Phi) is 4.73. The molecule has 1 aromatic rings. The van der Waals surface area contributed by atoms with Gasteiger partial charge in [-0.3, -0.25) is 14.5 Å². The third-order valence-electron chi connectivity index (χ3n) is 3.24. The van der Waals surface area contributed by atoms with E-state index in [0.717, 1.165) is 0 Å². The molecule has 0 unspecified atom stereocenters. The van der Waals surface area contributed by atoms with Crippen molar-refractivity contribution in [1.82, 2.24) is 20.3 Å². The average molecular weight is 280 g/mol. The SMILES string of the molecule is CCNC(=O)CN1CCN(C(=O)c2cc(C)no2)CC1. The lowest BCUT2D eigenvalue weighted by Crippen LogP contribution is -2.51. The van der Waals surface area contributed by atoms with Gasteiger partial charge in [0.2, 0.25) is 11.7 Å². The maximum absolute atomic E-state index is 12.1. The third kappa shape index (κ3) is 3.57. The van der Waals surface area contributed by atoms with Crippen molar-refractivity contribution in [2.45, 2.75) is 13.8 Å². The number of nitrogens with zero attached hydrogens (tertiary/aromatic N) is 3. The number of aromatic nitrogens is 1. The van der Waals surface area contributed by atoms with Crippen molar-refractivity contribution in [2.24, 2.45) is 0 Å². The van der Waals surface area contributed by atoms with Crippen molar-refractivity contribution in [3.8, 4) is 0 Å². The predicted octanol–water partition coefficient (Wildman–Crippen LogP) is -0.123. The van der Waals surface area contributed by atoms with Crippen LogP contribution in [0.5, 0.6) is 0 Å². The fourth-order valence-electron chi connectivity index (χ4n) is 2.19. The summed E-state index contributed by atoms with van der Waals surface area (Å²) < 4.78 is 4.98. The Morgan fingerprint density at radius 1 is 1.35 bits per heavy atom. The summed E-state index contributed by atoms with van der Waals surface area (Å²) in [6.45, 7) is 7.28. The van der Waals surface area contributed by atoms with E-state index in [1.807, 2.05) is 11.8 Å². The van der Waals surface area contributed by atoms with Crippen LogP contribution in [-0.2, 0) is 4.79 Å². The second-order valence-corrected chi connectivity index (χ2v) is 4.85. The molecule has 1 saturated heterocycles. The van der Waals surface area contributed by atoms with Gasteiger partial charge in [-0.15, -0.1) is 0 Å². The number of hydrogen-bond donors (Lipinski definition) is 1. The summed E-state index contributed by atoms with van der Waals surface area (Å²) in [7, 11) is 0. The lowest BCUT2D eigenvalue weighted by molar-refractivity contribution is -0.122. The first-order valence-corrected chi connectivity index (χ1v) is 6.81. The minimum absolute atomic E-state index is 0.0261. The summed E-state index contributed by atoms with van der Waals surface area (Å²) in [5.41, 5.74) is 0.697. The van der Waals surface area contributed by atoms with E-state index < -0.39 is 0 Å². The predicted molar refractivity (Wildman–Crippen MR) is 72.3 cm³/mol. The largest absolute Gasteiger partial charge is 0.355 e.